The third-order valence-corrected chi connectivity index (χ3v) is 3.47. The van der Waals surface area contributed by atoms with Crippen LogP contribution in [-0.2, 0) is 9.53 Å². The Morgan fingerprint density at radius 2 is 2.39 bits per heavy atom. The van der Waals surface area contributed by atoms with Gasteiger partial charge in [-0.2, -0.15) is 0 Å². The summed E-state index contributed by atoms with van der Waals surface area (Å²) in [5, 5.41) is 11.7. The summed E-state index contributed by atoms with van der Waals surface area (Å²) in [4.78, 5) is 13.8. The van der Waals surface area contributed by atoms with Crippen molar-refractivity contribution in [2.24, 2.45) is 16.8 Å². The summed E-state index contributed by atoms with van der Waals surface area (Å²) in [5.41, 5.74) is 5.60. The first-order chi connectivity index (χ1) is 8.58. The Hall–Kier alpha value is -1.30. The van der Waals surface area contributed by atoms with Crippen molar-refractivity contribution < 1.29 is 14.7 Å². The summed E-state index contributed by atoms with van der Waals surface area (Å²) in [7, 11) is 1.64. The number of amides is 1. The summed E-state index contributed by atoms with van der Waals surface area (Å²) < 4.78 is 5.12. The van der Waals surface area contributed by atoms with Crippen molar-refractivity contribution in [3.05, 3.63) is 0 Å². The third-order valence-electron chi connectivity index (χ3n) is 3.47. The van der Waals surface area contributed by atoms with Crippen molar-refractivity contribution in [2.75, 3.05) is 20.2 Å². The molecule has 18 heavy (non-hydrogen) atoms. The Bertz CT molecular complexity index is 307. The van der Waals surface area contributed by atoms with Gasteiger partial charge >= 0.3 is 0 Å². The molecular weight excluding hydrogens is 234 g/mol. The number of piperidine rings is 1. The SMILES string of the molecule is COC(C)CCC(=O)N1CCCC(C(N)=NO)C1. The number of carbonyl (C=O) groups excluding carboxylic acids is 1. The van der Waals surface area contributed by atoms with E-state index < -0.39 is 0 Å². The van der Waals surface area contributed by atoms with Crippen molar-refractivity contribution in [3.63, 3.8) is 0 Å². The topological polar surface area (TPSA) is 88.2 Å². The van der Waals surface area contributed by atoms with Crippen LogP contribution >= 0.6 is 0 Å². The van der Waals surface area contributed by atoms with Gasteiger partial charge in [0, 0.05) is 32.5 Å². The molecule has 0 aromatic heterocycles. The van der Waals surface area contributed by atoms with Crippen LogP contribution in [0, 0.1) is 5.92 Å². The van der Waals surface area contributed by atoms with Crippen molar-refractivity contribution in [2.45, 2.75) is 38.7 Å². The molecule has 1 amide bonds. The lowest BCUT2D eigenvalue weighted by atomic mass is 9.96. The molecule has 0 radical (unpaired) electrons. The van der Waals surface area contributed by atoms with Crippen LogP contribution in [0.15, 0.2) is 5.16 Å². The number of carbonyl (C=O) groups is 1. The molecule has 0 aromatic rings. The van der Waals surface area contributed by atoms with Gasteiger partial charge in [-0.25, -0.2) is 0 Å². The molecule has 2 unspecified atom stereocenters. The van der Waals surface area contributed by atoms with E-state index >= 15 is 0 Å². The molecule has 6 nitrogen and oxygen atoms in total. The predicted molar refractivity (Wildman–Crippen MR) is 68.4 cm³/mol. The van der Waals surface area contributed by atoms with Crippen molar-refractivity contribution in [1.29, 1.82) is 0 Å². The third kappa shape index (κ3) is 4.18. The number of oxime groups is 1. The second-order valence-electron chi connectivity index (χ2n) is 4.79. The largest absolute Gasteiger partial charge is 0.409 e. The Balaban J connectivity index is 2.43. The molecule has 2 atom stereocenters. The lowest BCUT2D eigenvalue weighted by Gasteiger charge is -2.32. The minimum absolute atomic E-state index is 0.0208. The zero-order valence-electron chi connectivity index (χ0n) is 11.1. The van der Waals surface area contributed by atoms with Crippen LogP contribution in [0.25, 0.3) is 0 Å². The van der Waals surface area contributed by atoms with E-state index in [1.54, 1.807) is 12.0 Å². The van der Waals surface area contributed by atoms with Crippen LogP contribution < -0.4 is 5.73 Å². The molecule has 1 aliphatic rings. The lowest BCUT2D eigenvalue weighted by molar-refractivity contribution is -0.133. The highest BCUT2D eigenvalue weighted by molar-refractivity contribution is 5.84. The van der Waals surface area contributed by atoms with Gasteiger partial charge < -0.3 is 20.6 Å². The van der Waals surface area contributed by atoms with E-state index in [4.69, 9.17) is 15.7 Å². The summed E-state index contributed by atoms with van der Waals surface area (Å²) in [6.07, 6.45) is 3.07. The highest BCUT2D eigenvalue weighted by Gasteiger charge is 2.26. The van der Waals surface area contributed by atoms with Crippen LogP contribution in [0.1, 0.15) is 32.6 Å². The fraction of sp³-hybridized carbons (Fsp3) is 0.833. The van der Waals surface area contributed by atoms with E-state index in [0.717, 1.165) is 25.8 Å². The normalized spacial score (nSPS) is 22.9. The Labute approximate surface area is 108 Å². The molecule has 0 spiro atoms. The molecule has 0 aromatic carbocycles. The second-order valence-corrected chi connectivity index (χ2v) is 4.79. The van der Waals surface area contributed by atoms with Gasteiger partial charge in [0.05, 0.1) is 6.10 Å². The molecular formula is C12H23N3O3. The van der Waals surface area contributed by atoms with Gasteiger partial charge in [-0.3, -0.25) is 4.79 Å². The van der Waals surface area contributed by atoms with E-state index in [9.17, 15) is 4.79 Å². The highest BCUT2D eigenvalue weighted by Crippen LogP contribution is 2.18. The fourth-order valence-electron chi connectivity index (χ4n) is 2.13. The average molecular weight is 257 g/mol. The molecule has 3 N–H and O–H groups in total. The lowest BCUT2D eigenvalue weighted by Crippen LogP contribution is -2.44. The average Bonchev–Trinajstić information content (AvgIpc) is 2.43. The van der Waals surface area contributed by atoms with Crippen LogP contribution in [0.2, 0.25) is 0 Å². The quantitative estimate of drug-likeness (QED) is 0.330. The zero-order chi connectivity index (χ0) is 13.5. The Kier molecular flexibility index (Phi) is 5.91. The first-order valence-electron chi connectivity index (χ1n) is 6.36. The van der Waals surface area contributed by atoms with Gasteiger partial charge in [-0.1, -0.05) is 5.16 Å². The zero-order valence-corrected chi connectivity index (χ0v) is 11.1. The number of hydrogen-bond donors (Lipinski definition) is 2. The van der Waals surface area contributed by atoms with Crippen molar-refractivity contribution >= 4 is 11.7 Å². The number of rotatable bonds is 5. The number of ether oxygens (including phenoxy) is 1. The minimum Gasteiger partial charge on any atom is -0.409 e. The Morgan fingerprint density at radius 3 is 3.00 bits per heavy atom. The first kappa shape index (κ1) is 14.8. The summed E-state index contributed by atoms with van der Waals surface area (Å²) in [6, 6.07) is 0. The number of nitrogens with zero attached hydrogens (tertiary/aromatic N) is 2. The van der Waals surface area contributed by atoms with Crippen LogP contribution in [0.5, 0.6) is 0 Å². The molecule has 1 fully saturated rings. The maximum absolute atomic E-state index is 12.0. The van der Waals surface area contributed by atoms with E-state index in [0.29, 0.717) is 13.0 Å². The van der Waals surface area contributed by atoms with Crippen LogP contribution in [0.4, 0.5) is 0 Å². The van der Waals surface area contributed by atoms with Gasteiger partial charge in [-0.15, -0.1) is 0 Å². The standard InChI is InChI=1S/C12H23N3O3/c1-9(18-2)5-6-11(16)15-7-3-4-10(8-15)12(13)14-17/h9-10,17H,3-8H2,1-2H3,(H2,13,14). The van der Waals surface area contributed by atoms with Gasteiger partial charge in [0.1, 0.15) is 5.84 Å². The first-order valence-corrected chi connectivity index (χ1v) is 6.36. The maximum atomic E-state index is 12.0. The molecule has 0 saturated carbocycles. The number of hydrogen-bond acceptors (Lipinski definition) is 4. The van der Waals surface area contributed by atoms with Gasteiger partial charge in [0.15, 0.2) is 0 Å². The van der Waals surface area contributed by atoms with E-state index in [1.165, 1.54) is 0 Å². The molecule has 1 rings (SSSR count). The number of likely N-dealkylation sites (tertiary alicyclic amines) is 1. The molecule has 6 heteroatoms. The van der Waals surface area contributed by atoms with Gasteiger partial charge in [-0.05, 0) is 26.2 Å². The highest BCUT2D eigenvalue weighted by atomic mass is 16.5. The summed E-state index contributed by atoms with van der Waals surface area (Å²) >= 11 is 0. The molecule has 1 aliphatic heterocycles. The van der Waals surface area contributed by atoms with E-state index in [-0.39, 0.29) is 23.8 Å². The van der Waals surface area contributed by atoms with Crippen molar-refractivity contribution in [1.82, 2.24) is 4.90 Å². The van der Waals surface area contributed by atoms with Gasteiger partial charge in [0.25, 0.3) is 0 Å². The maximum Gasteiger partial charge on any atom is 0.222 e. The molecule has 104 valence electrons. The monoisotopic (exact) mass is 257 g/mol. The van der Waals surface area contributed by atoms with Crippen molar-refractivity contribution in [3.8, 4) is 0 Å². The second kappa shape index (κ2) is 7.20. The molecule has 0 aliphatic carbocycles. The van der Waals surface area contributed by atoms with Crippen LogP contribution in [-0.4, -0.2) is 48.2 Å². The van der Waals surface area contributed by atoms with E-state index in [1.807, 2.05) is 6.92 Å². The minimum atomic E-state index is -0.0208. The number of methoxy groups -OCH3 is 1. The number of amidine groups is 1. The fourth-order valence-corrected chi connectivity index (χ4v) is 2.13. The predicted octanol–water partition coefficient (Wildman–Crippen LogP) is 0.786. The smallest absolute Gasteiger partial charge is 0.222 e. The van der Waals surface area contributed by atoms with E-state index in [2.05, 4.69) is 5.16 Å². The summed E-state index contributed by atoms with van der Waals surface area (Å²) in [6.45, 7) is 3.26. The molecule has 1 saturated heterocycles. The summed E-state index contributed by atoms with van der Waals surface area (Å²) in [5.74, 6) is 0.319. The number of nitrogens with two attached hydrogens (primary N) is 1. The Morgan fingerprint density at radius 1 is 1.67 bits per heavy atom. The van der Waals surface area contributed by atoms with Crippen LogP contribution in [0.3, 0.4) is 0 Å². The van der Waals surface area contributed by atoms with Gasteiger partial charge in [0.2, 0.25) is 5.91 Å². The molecule has 0 bridgehead atoms. The molecule has 1 heterocycles.